The quantitative estimate of drug-likeness (QED) is 0.714. The highest BCUT2D eigenvalue weighted by Gasteiger charge is 2.22. The summed E-state index contributed by atoms with van der Waals surface area (Å²) in [5.74, 6) is -1.19. The number of hydrogen-bond donors (Lipinski definition) is 3. The second kappa shape index (κ2) is 5.43. The van der Waals surface area contributed by atoms with Crippen molar-refractivity contribution < 1.29 is 20.1 Å². The maximum atomic E-state index is 10.4. The summed E-state index contributed by atoms with van der Waals surface area (Å²) >= 11 is 0. The topological polar surface area (TPSA) is 102 Å². The summed E-state index contributed by atoms with van der Waals surface area (Å²) in [4.78, 5) is 10.4. The smallest absolute Gasteiger partial charge is 0.306 e. The molecule has 0 radical (unpaired) electrons. The highest BCUT2D eigenvalue weighted by Crippen LogP contribution is 2.23. The fourth-order valence-electron chi connectivity index (χ4n) is 1.53. The van der Waals surface area contributed by atoms with E-state index in [1.807, 2.05) is 6.07 Å². The highest BCUT2D eigenvalue weighted by molar-refractivity contribution is 5.67. The summed E-state index contributed by atoms with van der Waals surface area (Å²) in [6, 6.07) is 6.61. The number of carboxylic acids is 1. The van der Waals surface area contributed by atoms with Crippen LogP contribution < -0.4 is 0 Å². The molecular weight excluding hydrogens is 222 g/mol. The number of hydrogen-bond acceptors (Lipinski definition) is 4. The molecule has 0 bridgehead atoms. The molecule has 5 heteroatoms. The van der Waals surface area contributed by atoms with Gasteiger partial charge in [0.1, 0.15) is 6.10 Å². The van der Waals surface area contributed by atoms with Gasteiger partial charge in [-0.2, -0.15) is 5.26 Å². The third-order valence-corrected chi connectivity index (χ3v) is 2.48. The van der Waals surface area contributed by atoms with Gasteiger partial charge in [0.15, 0.2) is 0 Å². The molecule has 2 unspecified atom stereocenters. The number of nitriles is 1. The minimum absolute atomic E-state index is 0.354. The Morgan fingerprint density at radius 1 is 1.47 bits per heavy atom. The molecule has 2 atom stereocenters. The fourth-order valence-corrected chi connectivity index (χ4v) is 1.53. The third-order valence-electron chi connectivity index (χ3n) is 2.48. The van der Waals surface area contributed by atoms with Crippen LogP contribution in [0.4, 0.5) is 0 Å². The van der Waals surface area contributed by atoms with Crippen molar-refractivity contribution in [2.24, 2.45) is 0 Å². The Hall–Kier alpha value is -1.90. The van der Waals surface area contributed by atoms with Gasteiger partial charge in [-0.3, -0.25) is 4.79 Å². The van der Waals surface area contributed by atoms with E-state index in [9.17, 15) is 15.0 Å². The Morgan fingerprint density at radius 2 is 2.12 bits per heavy atom. The Labute approximate surface area is 98.6 Å². The first-order valence-electron chi connectivity index (χ1n) is 5.04. The summed E-state index contributed by atoms with van der Waals surface area (Å²) in [7, 11) is 0. The predicted octanol–water partition coefficient (Wildman–Crippen LogP) is 0.736. The van der Waals surface area contributed by atoms with E-state index in [0.717, 1.165) is 0 Å². The van der Waals surface area contributed by atoms with Gasteiger partial charge in [0.05, 0.1) is 24.2 Å². The van der Waals surface area contributed by atoms with Gasteiger partial charge in [-0.1, -0.05) is 6.07 Å². The van der Waals surface area contributed by atoms with Crippen molar-refractivity contribution in [2.45, 2.75) is 25.6 Å². The first kappa shape index (κ1) is 13.2. The first-order valence-corrected chi connectivity index (χ1v) is 5.04. The maximum absolute atomic E-state index is 10.4. The van der Waals surface area contributed by atoms with Crippen molar-refractivity contribution in [2.75, 3.05) is 0 Å². The maximum Gasteiger partial charge on any atom is 0.306 e. The molecule has 1 aromatic rings. The number of benzene rings is 1. The minimum Gasteiger partial charge on any atom is -0.481 e. The molecule has 0 saturated heterocycles. The van der Waals surface area contributed by atoms with E-state index in [2.05, 4.69) is 0 Å². The number of carbonyl (C=O) groups is 1. The van der Waals surface area contributed by atoms with Crippen molar-refractivity contribution in [3.05, 3.63) is 34.9 Å². The molecule has 0 aliphatic heterocycles. The van der Waals surface area contributed by atoms with Crippen LogP contribution in [0.25, 0.3) is 0 Å². The minimum atomic E-state index is -1.39. The zero-order valence-electron chi connectivity index (χ0n) is 9.29. The van der Waals surface area contributed by atoms with Gasteiger partial charge in [-0.15, -0.1) is 0 Å². The number of aliphatic carboxylic acids is 1. The second-order valence-corrected chi connectivity index (χ2v) is 3.79. The molecule has 1 rings (SSSR count). The molecular formula is C12H13NO4. The number of nitrogens with zero attached hydrogens (tertiary/aromatic N) is 1. The molecule has 3 N–H and O–H groups in total. The van der Waals surface area contributed by atoms with Crippen LogP contribution in [0.1, 0.15) is 29.2 Å². The molecule has 0 aromatic heterocycles. The summed E-state index contributed by atoms with van der Waals surface area (Å²) in [5.41, 5.74) is 1.42. The average Bonchev–Trinajstić information content (AvgIpc) is 2.28. The van der Waals surface area contributed by atoms with Crippen LogP contribution in [0.5, 0.6) is 0 Å². The number of aliphatic hydroxyl groups is 2. The molecule has 17 heavy (non-hydrogen) atoms. The number of aliphatic hydroxyl groups excluding tert-OH is 2. The summed E-state index contributed by atoms with van der Waals surface area (Å²) < 4.78 is 0. The molecule has 0 aliphatic rings. The zero-order chi connectivity index (χ0) is 13.0. The van der Waals surface area contributed by atoms with E-state index in [-0.39, 0.29) is 0 Å². The molecule has 90 valence electrons. The van der Waals surface area contributed by atoms with Gasteiger partial charge in [0.2, 0.25) is 0 Å². The fraction of sp³-hybridized carbons (Fsp3) is 0.333. The lowest BCUT2D eigenvalue weighted by Gasteiger charge is -2.18. The van der Waals surface area contributed by atoms with Crippen LogP contribution in [-0.4, -0.2) is 27.4 Å². The molecule has 0 aliphatic carbocycles. The summed E-state index contributed by atoms with van der Waals surface area (Å²) in [6.07, 6.45) is -3.24. The summed E-state index contributed by atoms with van der Waals surface area (Å²) in [6.45, 7) is 1.72. The lowest BCUT2D eigenvalue weighted by molar-refractivity contribution is -0.141. The SMILES string of the molecule is Cc1ccc(C#N)cc1C(O)C(O)CC(=O)O. The van der Waals surface area contributed by atoms with Gasteiger partial charge in [0.25, 0.3) is 0 Å². The van der Waals surface area contributed by atoms with E-state index in [4.69, 9.17) is 10.4 Å². The van der Waals surface area contributed by atoms with Gasteiger partial charge >= 0.3 is 5.97 Å². The van der Waals surface area contributed by atoms with Crippen LogP contribution >= 0.6 is 0 Å². The van der Waals surface area contributed by atoms with Crippen molar-refractivity contribution in [1.29, 1.82) is 5.26 Å². The molecule has 0 saturated carbocycles. The van der Waals surface area contributed by atoms with Crippen molar-refractivity contribution in [3.63, 3.8) is 0 Å². The average molecular weight is 235 g/mol. The van der Waals surface area contributed by atoms with Crippen molar-refractivity contribution in [1.82, 2.24) is 0 Å². The van der Waals surface area contributed by atoms with Crippen molar-refractivity contribution >= 4 is 5.97 Å². The highest BCUT2D eigenvalue weighted by atomic mass is 16.4. The summed E-state index contributed by atoms with van der Waals surface area (Å²) in [5, 5.41) is 36.6. The second-order valence-electron chi connectivity index (χ2n) is 3.79. The lowest BCUT2D eigenvalue weighted by atomic mass is 9.96. The Bertz CT molecular complexity index is 464. The Morgan fingerprint density at radius 3 is 2.65 bits per heavy atom. The van der Waals surface area contributed by atoms with E-state index < -0.39 is 24.6 Å². The standard InChI is InChI=1S/C12H13NO4/c1-7-2-3-8(6-13)4-9(7)12(17)10(14)5-11(15)16/h2-4,10,12,14,17H,5H2,1H3,(H,15,16). The van der Waals surface area contributed by atoms with Crippen LogP contribution in [0.15, 0.2) is 18.2 Å². The zero-order valence-corrected chi connectivity index (χ0v) is 9.29. The third kappa shape index (κ3) is 3.28. The van der Waals surface area contributed by atoms with Gasteiger partial charge < -0.3 is 15.3 Å². The van der Waals surface area contributed by atoms with E-state index in [0.29, 0.717) is 16.7 Å². The van der Waals surface area contributed by atoms with E-state index in [1.165, 1.54) is 6.07 Å². The van der Waals surface area contributed by atoms with Gasteiger partial charge in [-0.25, -0.2) is 0 Å². The monoisotopic (exact) mass is 235 g/mol. The molecule has 0 amide bonds. The lowest BCUT2D eigenvalue weighted by Crippen LogP contribution is -2.22. The van der Waals surface area contributed by atoms with Gasteiger partial charge in [0, 0.05) is 0 Å². The molecule has 5 nitrogen and oxygen atoms in total. The Kier molecular flexibility index (Phi) is 4.21. The van der Waals surface area contributed by atoms with E-state index in [1.54, 1.807) is 19.1 Å². The van der Waals surface area contributed by atoms with Crippen molar-refractivity contribution in [3.8, 4) is 6.07 Å². The number of rotatable bonds is 4. The number of carboxylic acid groups (broad SMARTS) is 1. The Balaban J connectivity index is 2.99. The van der Waals surface area contributed by atoms with Gasteiger partial charge in [-0.05, 0) is 30.2 Å². The molecule has 0 fully saturated rings. The molecule has 1 aromatic carbocycles. The largest absolute Gasteiger partial charge is 0.481 e. The van der Waals surface area contributed by atoms with Crippen LogP contribution in [0.3, 0.4) is 0 Å². The van der Waals surface area contributed by atoms with Crippen LogP contribution in [0.2, 0.25) is 0 Å². The normalized spacial score (nSPS) is 13.8. The molecule has 0 spiro atoms. The van der Waals surface area contributed by atoms with Crippen LogP contribution in [-0.2, 0) is 4.79 Å². The molecule has 0 heterocycles. The van der Waals surface area contributed by atoms with E-state index >= 15 is 0 Å². The predicted molar refractivity (Wildman–Crippen MR) is 59.1 cm³/mol. The first-order chi connectivity index (χ1) is 7.95. The van der Waals surface area contributed by atoms with Crippen LogP contribution in [0, 0.1) is 18.3 Å². The number of aryl methyl sites for hydroxylation is 1.